The summed E-state index contributed by atoms with van der Waals surface area (Å²) in [5, 5.41) is 14.2. The van der Waals surface area contributed by atoms with Gasteiger partial charge in [-0.05, 0) is 31.0 Å². The lowest BCUT2D eigenvalue weighted by Gasteiger charge is -2.22. The first-order valence-electron chi connectivity index (χ1n) is 6.02. The van der Waals surface area contributed by atoms with Crippen molar-refractivity contribution in [3.05, 3.63) is 24.3 Å². The maximum Gasteiger partial charge on any atom is 0.243 e. The lowest BCUT2D eigenvalue weighted by Crippen LogP contribution is -2.37. The molecule has 1 aromatic rings. The van der Waals surface area contributed by atoms with E-state index in [-0.39, 0.29) is 16.4 Å². The predicted octanol–water partition coefficient (Wildman–Crippen LogP) is -0.521. The number of aliphatic hydroxyl groups is 1. The Labute approximate surface area is 118 Å². The van der Waals surface area contributed by atoms with Crippen molar-refractivity contribution in [2.24, 2.45) is 5.14 Å². The van der Waals surface area contributed by atoms with Crippen LogP contribution in [0.15, 0.2) is 34.1 Å². The molecule has 1 unspecified atom stereocenters. The van der Waals surface area contributed by atoms with Crippen LogP contribution >= 0.6 is 0 Å². The van der Waals surface area contributed by atoms with Gasteiger partial charge < -0.3 is 5.11 Å². The van der Waals surface area contributed by atoms with Gasteiger partial charge in [-0.15, -0.1) is 0 Å². The van der Waals surface area contributed by atoms with E-state index in [9.17, 15) is 21.9 Å². The normalized spacial score (nSPS) is 21.2. The first-order chi connectivity index (χ1) is 9.26. The van der Waals surface area contributed by atoms with Crippen LogP contribution in [-0.4, -0.2) is 45.4 Å². The van der Waals surface area contributed by atoms with Gasteiger partial charge in [0.05, 0.1) is 16.4 Å². The number of rotatable bonds is 4. The number of primary sulfonamides is 1. The van der Waals surface area contributed by atoms with E-state index in [4.69, 9.17) is 5.14 Å². The Balaban J connectivity index is 2.45. The lowest BCUT2D eigenvalue weighted by molar-refractivity contribution is 0.213. The average Bonchev–Trinajstić information content (AvgIpc) is 2.87. The highest BCUT2D eigenvalue weighted by atomic mass is 32.2. The number of aliphatic hydroxyl groups excluding tert-OH is 1. The monoisotopic (exact) mass is 320 g/mol. The second-order valence-electron chi connectivity index (χ2n) is 4.61. The van der Waals surface area contributed by atoms with E-state index in [1.54, 1.807) is 0 Å². The lowest BCUT2D eigenvalue weighted by atomic mass is 10.2. The Bertz CT molecular complexity index is 699. The molecule has 1 aliphatic rings. The minimum atomic E-state index is -3.96. The summed E-state index contributed by atoms with van der Waals surface area (Å²) in [6.45, 7) is 0.0568. The molecule has 0 radical (unpaired) electrons. The van der Waals surface area contributed by atoms with E-state index in [1.807, 2.05) is 0 Å². The summed E-state index contributed by atoms with van der Waals surface area (Å²) in [6, 6.07) is 4.46. The van der Waals surface area contributed by atoms with Gasteiger partial charge in [-0.1, -0.05) is 6.07 Å². The van der Waals surface area contributed by atoms with E-state index in [0.29, 0.717) is 19.4 Å². The highest BCUT2D eigenvalue weighted by Gasteiger charge is 2.35. The Kier molecular flexibility index (Phi) is 4.17. The largest absolute Gasteiger partial charge is 0.395 e. The summed E-state index contributed by atoms with van der Waals surface area (Å²) in [7, 11) is -7.79. The van der Waals surface area contributed by atoms with Crippen LogP contribution in [0.25, 0.3) is 0 Å². The Morgan fingerprint density at radius 1 is 1.25 bits per heavy atom. The number of nitrogens with two attached hydrogens (primary N) is 1. The standard InChI is InChI=1S/C11H16N2O5S2/c12-19(15,16)10-4-1-5-11(7-10)20(17,18)13-6-2-3-9(13)8-14/h1,4-5,7,9,14H,2-3,6,8H2,(H2,12,15,16). The molecule has 1 aromatic carbocycles. The molecule has 0 aliphatic carbocycles. The van der Waals surface area contributed by atoms with E-state index < -0.39 is 26.1 Å². The fourth-order valence-corrected chi connectivity index (χ4v) is 4.62. The molecule has 3 N–H and O–H groups in total. The molecule has 1 fully saturated rings. The van der Waals surface area contributed by atoms with Crippen molar-refractivity contribution in [2.75, 3.05) is 13.2 Å². The number of benzene rings is 1. The first kappa shape index (κ1) is 15.4. The molecule has 0 aromatic heterocycles. The third-order valence-electron chi connectivity index (χ3n) is 3.27. The smallest absolute Gasteiger partial charge is 0.243 e. The Morgan fingerprint density at radius 2 is 1.90 bits per heavy atom. The maximum atomic E-state index is 12.5. The van der Waals surface area contributed by atoms with Gasteiger partial charge in [-0.2, -0.15) is 4.31 Å². The molecule has 9 heteroatoms. The third kappa shape index (κ3) is 2.86. The Hall–Kier alpha value is -1.00. The number of hydrogen-bond acceptors (Lipinski definition) is 5. The third-order valence-corrected chi connectivity index (χ3v) is 6.13. The molecule has 1 aliphatic heterocycles. The van der Waals surface area contributed by atoms with Crippen LogP contribution in [0.1, 0.15) is 12.8 Å². The van der Waals surface area contributed by atoms with Crippen molar-refractivity contribution in [1.82, 2.24) is 4.31 Å². The minimum absolute atomic E-state index is 0.135. The number of nitrogens with zero attached hydrogens (tertiary/aromatic N) is 1. The quantitative estimate of drug-likeness (QED) is 0.774. The maximum absolute atomic E-state index is 12.5. The van der Waals surface area contributed by atoms with Crippen LogP contribution in [0.3, 0.4) is 0 Å². The van der Waals surface area contributed by atoms with Crippen molar-refractivity contribution in [3.8, 4) is 0 Å². The molecule has 0 amide bonds. The molecule has 0 saturated carbocycles. The molecular formula is C11H16N2O5S2. The Morgan fingerprint density at radius 3 is 2.50 bits per heavy atom. The zero-order valence-electron chi connectivity index (χ0n) is 10.6. The molecule has 112 valence electrons. The van der Waals surface area contributed by atoms with Crippen molar-refractivity contribution < 1.29 is 21.9 Å². The van der Waals surface area contributed by atoms with Crippen molar-refractivity contribution in [1.29, 1.82) is 0 Å². The van der Waals surface area contributed by atoms with Crippen LogP contribution in [0.4, 0.5) is 0 Å². The SMILES string of the molecule is NS(=O)(=O)c1cccc(S(=O)(=O)N2CCCC2CO)c1. The minimum Gasteiger partial charge on any atom is -0.395 e. The van der Waals surface area contributed by atoms with Gasteiger partial charge >= 0.3 is 0 Å². The molecule has 1 heterocycles. The van der Waals surface area contributed by atoms with Crippen LogP contribution < -0.4 is 5.14 Å². The summed E-state index contributed by atoms with van der Waals surface area (Å²) < 4.78 is 48.7. The van der Waals surface area contributed by atoms with Gasteiger partial charge in [0.25, 0.3) is 0 Å². The molecular weight excluding hydrogens is 304 g/mol. The molecule has 1 saturated heterocycles. The summed E-state index contributed by atoms with van der Waals surface area (Å²) in [6.07, 6.45) is 1.25. The van der Waals surface area contributed by atoms with Gasteiger partial charge in [-0.3, -0.25) is 0 Å². The molecule has 0 bridgehead atoms. The second kappa shape index (κ2) is 5.41. The van der Waals surface area contributed by atoms with Gasteiger partial charge in [0.1, 0.15) is 0 Å². The topological polar surface area (TPSA) is 118 Å². The molecule has 7 nitrogen and oxygen atoms in total. The van der Waals surface area contributed by atoms with Gasteiger partial charge in [0.15, 0.2) is 0 Å². The van der Waals surface area contributed by atoms with Crippen LogP contribution in [0, 0.1) is 0 Å². The summed E-state index contributed by atoms with van der Waals surface area (Å²) >= 11 is 0. The molecule has 0 spiro atoms. The van der Waals surface area contributed by atoms with Crippen LogP contribution in [-0.2, 0) is 20.0 Å². The molecule has 1 atom stereocenters. The number of hydrogen-bond donors (Lipinski definition) is 2. The zero-order chi connectivity index (χ0) is 15.0. The predicted molar refractivity (Wildman–Crippen MR) is 71.8 cm³/mol. The highest BCUT2D eigenvalue weighted by molar-refractivity contribution is 7.90. The van der Waals surface area contributed by atoms with E-state index >= 15 is 0 Å². The summed E-state index contributed by atoms with van der Waals surface area (Å²) in [5.74, 6) is 0. The van der Waals surface area contributed by atoms with Gasteiger partial charge in [0.2, 0.25) is 20.0 Å². The first-order valence-corrected chi connectivity index (χ1v) is 9.01. The molecule has 20 heavy (non-hydrogen) atoms. The summed E-state index contributed by atoms with van der Waals surface area (Å²) in [5.41, 5.74) is 0. The zero-order valence-corrected chi connectivity index (χ0v) is 12.3. The van der Waals surface area contributed by atoms with Crippen molar-refractivity contribution in [2.45, 2.75) is 28.7 Å². The van der Waals surface area contributed by atoms with Crippen LogP contribution in [0.2, 0.25) is 0 Å². The van der Waals surface area contributed by atoms with Gasteiger partial charge in [0, 0.05) is 12.6 Å². The van der Waals surface area contributed by atoms with E-state index in [2.05, 4.69) is 0 Å². The fraction of sp³-hybridized carbons (Fsp3) is 0.455. The van der Waals surface area contributed by atoms with E-state index in [0.717, 1.165) is 6.07 Å². The number of sulfonamides is 2. The fourth-order valence-electron chi connectivity index (χ4n) is 2.26. The van der Waals surface area contributed by atoms with Gasteiger partial charge in [-0.25, -0.2) is 22.0 Å². The average molecular weight is 320 g/mol. The van der Waals surface area contributed by atoms with E-state index in [1.165, 1.54) is 22.5 Å². The summed E-state index contributed by atoms with van der Waals surface area (Å²) in [4.78, 5) is -0.386. The van der Waals surface area contributed by atoms with Crippen molar-refractivity contribution >= 4 is 20.0 Å². The van der Waals surface area contributed by atoms with Crippen molar-refractivity contribution in [3.63, 3.8) is 0 Å². The second-order valence-corrected chi connectivity index (χ2v) is 8.07. The van der Waals surface area contributed by atoms with Crippen LogP contribution in [0.5, 0.6) is 0 Å². The highest BCUT2D eigenvalue weighted by Crippen LogP contribution is 2.26. The molecule has 2 rings (SSSR count).